The van der Waals surface area contributed by atoms with Crippen LogP contribution in [0.3, 0.4) is 0 Å². The fraction of sp³-hybridized carbons (Fsp3) is 0.161. The van der Waals surface area contributed by atoms with Gasteiger partial charge in [0, 0.05) is 24.4 Å². The molecule has 0 saturated carbocycles. The Balaban J connectivity index is 1.69. The maximum absolute atomic E-state index is 13.1. The SMILES string of the molecule is COc1nc2ccc(C(O)(c3ccc(C#N)cc3)c3cncn3C)cc2c(C#N)c1Cc1ccc(C(F)(F)F)cc1. The van der Waals surface area contributed by atoms with Crippen LogP contribution in [0.2, 0.25) is 0 Å². The van der Waals surface area contributed by atoms with Crippen molar-refractivity contribution in [2.24, 2.45) is 7.05 Å². The Hall–Kier alpha value is -5.19. The van der Waals surface area contributed by atoms with Crippen LogP contribution in [0.4, 0.5) is 13.2 Å². The van der Waals surface area contributed by atoms with Gasteiger partial charge in [0.15, 0.2) is 5.60 Å². The number of aromatic nitrogens is 3. The van der Waals surface area contributed by atoms with Crippen LogP contribution in [0, 0.1) is 22.7 Å². The minimum Gasteiger partial charge on any atom is -0.481 e. The molecule has 5 aromatic rings. The van der Waals surface area contributed by atoms with Crippen molar-refractivity contribution in [1.82, 2.24) is 14.5 Å². The van der Waals surface area contributed by atoms with Gasteiger partial charge in [0.2, 0.25) is 5.88 Å². The van der Waals surface area contributed by atoms with Crippen LogP contribution in [0.1, 0.15) is 44.6 Å². The van der Waals surface area contributed by atoms with Crippen LogP contribution in [-0.2, 0) is 25.2 Å². The molecular weight excluding hydrogens is 531 g/mol. The summed E-state index contributed by atoms with van der Waals surface area (Å²) < 4.78 is 46.4. The van der Waals surface area contributed by atoms with Crippen molar-refractivity contribution >= 4 is 10.9 Å². The quantitative estimate of drug-likeness (QED) is 0.293. The molecule has 0 aliphatic carbocycles. The van der Waals surface area contributed by atoms with Gasteiger partial charge < -0.3 is 14.4 Å². The number of alkyl halides is 3. The van der Waals surface area contributed by atoms with E-state index in [4.69, 9.17) is 4.74 Å². The molecule has 0 radical (unpaired) electrons. The van der Waals surface area contributed by atoms with Crippen molar-refractivity contribution in [3.05, 3.63) is 124 Å². The van der Waals surface area contributed by atoms with Crippen LogP contribution in [0.25, 0.3) is 10.9 Å². The number of nitrogens with zero attached hydrogens (tertiary/aromatic N) is 5. The van der Waals surface area contributed by atoms with Crippen LogP contribution in [0.5, 0.6) is 5.88 Å². The second-order valence-electron chi connectivity index (χ2n) is 9.48. The molecule has 2 heterocycles. The number of nitriles is 2. The summed E-state index contributed by atoms with van der Waals surface area (Å²) >= 11 is 0. The van der Waals surface area contributed by atoms with E-state index in [2.05, 4.69) is 22.1 Å². The van der Waals surface area contributed by atoms with Crippen LogP contribution < -0.4 is 4.74 Å². The average molecular weight is 554 g/mol. The van der Waals surface area contributed by atoms with Crippen molar-refractivity contribution in [3.8, 4) is 18.0 Å². The molecule has 0 amide bonds. The monoisotopic (exact) mass is 553 g/mol. The molecule has 0 fully saturated rings. The summed E-state index contributed by atoms with van der Waals surface area (Å²) in [4.78, 5) is 8.74. The van der Waals surface area contributed by atoms with Gasteiger partial charge in [0.1, 0.15) is 6.07 Å². The Morgan fingerprint density at radius 3 is 2.15 bits per heavy atom. The molecule has 0 spiro atoms. The zero-order chi connectivity index (χ0) is 29.4. The first kappa shape index (κ1) is 27.4. The number of rotatable bonds is 6. The molecule has 41 heavy (non-hydrogen) atoms. The smallest absolute Gasteiger partial charge is 0.416 e. The van der Waals surface area contributed by atoms with Crippen molar-refractivity contribution in [2.75, 3.05) is 7.11 Å². The minimum absolute atomic E-state index is 0.0962. The number of fused-ring (bicyclic) bond motifs is 1. The molecular formula is C31H22F3N5O2. The highest BCUT2D eigenvalue weighted by molar-refractivity contribution is 5.88. The first-order valence-corrected chi connectivity index (χ1v) is 12.4. The van der Waals surface area contributed by atoms with Crippen molar-refractivity contribution in [2.45, 2.75) is 18.2 Å². The molecule has 1 unspecified atom stereocenters. The van der Waals surface area contributed by atoms with Gasteiger partial charge >= 0.3 is 6.18 Å². The zero-order valence-corrected chi connectivity index (χ0v) is 21.9. The van der Waals surface area contributed by atoms with E-state index in [1.54, 1.807) is 60.4 Å². The molecule has 0 saturated heterocycles. The Bertz CT molecular complexity index is 1830. The van der Waals surface area contributed by atoms with E-state index in [0.717, 1.165) is 12.1 Å². The highest BCUT2D eigenvalue weighted by atomic mass is 19.4. The lowest BCUT2D eigenvalue weighted by molar-refractivity contribution is -0.137. The third-order valence-electron chi connectivity index (χ3n) is 7.05. The summed E-state index contributed by atoms with van der Waals surface area (Å²) in [5.41, 5.74) is 0.886. The number of ether oxygens (including phenoxy) is 1. The minimum atomic E-state index is -4.46. The predicted molar refractivity (Wildman–Crippen MR) is 144 cm³/mol. The van der Waals surface area contributed by atoms with Gasteiger partial charge in [-0.15, -0.1) is 0 Å². The Kier molecular flexibility index (Phi) is 6.96. The lowest BCUT2D eigenvalue weighted by Gasteiger charge is -2.30. The van der Waals surface area contributed by atoms with Gasteiger partial charge in [-0.3, -0.25) is 0 Å². The number of hydrogen-bond donors (Lipinski definition) is 1. The molecule has 1 atom stereocenters. The average Bonchev–Trinajstić information content (AvgIpc) is 3.42. The van der Waals surface area contributed by atoms with Gasteiger partial charge in [-0.25, -0.2) is 9.97 Å². The van der Waals surface area contributed by atoms with E-state index in [0.29, 0.717) is 44.4 Å². The number of aryl methyl sites for hydroxylation is 1. The maximum Gasteiger partial charge on any atom is 0.416 e. The van der Waals surface area contributed by atoms with Gasteiger partial charge in [-0.2, -0.15) is 23.7 Å². The molecule has 7 nitrogen and oxygen atoms in total. The molecule has 0 aliphatic rings. The highest BCUT2D eigenvalue weighted by Crippen LogP contribution is 2.39. The number of methoxy groups -OCH3 is 1. The number of imidazole rings is 1. The van der Waals surface area contributed by atoms with Crippen molar-refractivity contribution < 1.29 is 23.0 Å². The molecule has 1 N–H and O–H groups in total. The Labute approximate surface area is 233 Å². The molecule has 3 aromatic carbocycles. The summed E-state index contributed by atoms with van der Waals surface area (Å²) in [5, 5.41) is 32.3. The predicted octanol–water partition coefficient (Wildman–Crippen LogP) is 5.61. The number of halogens is 3. The van der Waals surface area contributed by atoms with Crippen LogP contribution >= 0.6 is 0 Å². The van der Waals surface area contributed by atoms with Gasteiger partial charge in [-0.1, -0.05) is 30.3 Å². The van der Waals surface area contributed by atoms with E-state index in [-0.39, 0.29) is 17.9 Å². The highest BCUT2D eigenvalue weighted by Gasteiger charge is 2.37. The number of aliphatic hydroxyl groups is 1. The van der Waals surface area contributed by atoms with E-state index >= 15 is 0 Å². The second-order valence-corrected chi connectivity index (χ2v) is 9.48. The first-order valence-electron chi connectivity index (χ1n) is 12.4. The fourth-order valence-electron chi connectivity index (χ4n) is 4.94. The topological polar surface area (TPSA) is 108 Å². The summed E-state index contributed by atoms with van der Waals surface area (Å²) in [5.74, 6) is 0.177. The first-order chi connectivity index (χ1) is 19.6. The number of benzene rings is 3. The van der Waals surface area contributed by atoms with E-state index in [9.17, 15) is 28.8 Å². The fourth-order valence-corrected chi connectivity index (χ4v) is 4.94. The lowest BCUT2D eigenvalue weighted by atomic mass is 9.82. The van der Waals surface area contributed by atoms with E-state index < -0.39 is 17.3 Å². The third kappa shape index (κ3) is 4.86. The summed E-state index contributed by atoms with van der Waals surface area (Å²) in [6.07, 6.45) is -1.27. The second kappa shape index (κ2) is 10.4. The van der Waals surface area contributed by atoms with E-state index in [1.165, 1.54) is 25.4 Å². The molecule has 0 bridgehead atoms. The number of hydrogen-bond acceptors (Lipinski definition) is 6. The largest absolute Gasteiger partial charge is 0.481 e. The normalized spacial score (nSPS) is 12.9. The van der Waals surface area contributed by atoms with Crippen LogP contribution in [0.15, 0.2) is 79.3 Å². The summed E-state index contributed by atoms with van der Waals surface area (Å²) in [6, 6.07) is 20.5. The zero-order valence-electron chi connectivity index (χ0n) is 21.9. The molecule has 5 rings (SSSR count). The van der Waals surface area contributed by atoms with Gasteiger partial charge in [0.25, 0.3) is 0 Å². The Morgan fingerprint density at radius 1 is 0.927 bits per heavy atom. The Morgan fingerprint density at radius 2 is 1.59 bits per heavy atom. The molecule has 2 aromatic heterocycles. The number of pyridine rings is 1. The summed E-state index contributed by atoms with van der Waals surface area (Å²) in [7, 11) is 3.15. The standard InChI is InChI=1S/C31H22F3N5O2/c1-39-18-37-17-28(39)30(40,21-7-5-20(15-35)6-8-21)23-11-12-27-24(14-23)26(16-36)25(29(38-27)41-2)13-19-3-9-22(10-4-19)31(32,33)34/h3-12,14,17-18,40H,13H2,1-2H3. The van der Waals surface area contributed by atoms with E-state index in [1.807, 2.05) is 0 Å². The van der Waals surface area contributed by atoms with Gasteiger partial charge in [0.05, 0.1) is 53.6 Å². The lowest BCUT2D eigenvalue weighted by Crippen LogP contribution is -2.31. The molecule has 0 aliphatic heterocycles. The van der Waals surface area contributed by atoms with Crippen molar-refractivity contribution in [3.63, 3.8) is 0 Å². The molecule has 10 heteroatoms. The van der Waals surface area contributed by atoms with Crippen LogP contribution in [-0.4, -0.2) is 26.8 Å². The van der Waals surface area contributed by atoms with Crippen molar-refractivity contribution in [1.29, 1.82) is 10.5 Å². The third-order valence-corrected chi connectivity index (χ3v) is 7.05. The van der Waals surface area contributed by atoms with Gasteiger partial charge in [-0.05, 0) is 53.1 Å². The molecule has 204 valence electrons. The summed E-state index contributed by atoms with van der Waals surface area (Å²) in [6.45, 7) is 0. The maximum atomic E-state index is 13.1.